The highest BCUT2D eigenvalue weighted by Crippen LogP contribution is 2.27. The second-order valence-corrected chi connectivity index (χ2v) is 7.85. The van der Waals surface area contributed by atoms with E-state index in [9.17, 15) is 9.59 Å². The summed E-state index contributed by atoms with van der Waals surface area (Å²) in [4.78, 5) is 28.5. The summed E-state index contributed by atoms with van der Waals surface area (Å²) in [7, 11) is 0. The van der Waals surface area contributed by atoms with E-state index in [1.165, 1.54) is 0 Å². The smallest absolute Gasteiger partial charge is 0.344 e. The standard InChI is InChI=1S/C24H30N2O4/c1-18(2)21-10-9-19(3)15-22(21)29-17-24(28)30-16-23(27)26-13-11-25(12-14-26)20-7-5-4-6-8-20/h4-10,15,18H,11-14,16-17H2,1-3H3. The van der Waals surface area contributed by atoms with Crippen molar-refractivity contribution < 1.29 is 19.1 Å². The molecular formula is C24H30N2O4. The zero-order valence-corrected chi connectivity index (χ0v) is 18.0. The van der Waals surface area contributed by atoms with E-state index >= 15 is 0 Å². The number of benzene rings is 2. The van der Waals surface area contributed by atoms with Gasteiger partial charge in [-0.05, 0) is 42.2 Å². The van der Waals surface area contributed by atoms with Crippen LogP contribution in [-0.4, -0.2) is 56.2 Å². The number of aryl methyl sites for hydroxylation is 1. The molecule has 2 aromatic rings. The van der Waals surface area contributed by atoms with Gasteiger partial charge in [0.05, 0.1) is 0 Å². The van der Waals surface area contributed by atoms with Gasteiger partial charge in [0, 0.05) is 31.9 Å². The Balaban J connectivity index is 1.42. The quantitative estimate of drug-likeness (QED) is 0.655. The van der Waals surface area contributed by atoms with Crippen molar-refractivity contribution in [2.45, 2.75) is 26.7 Å². The van der Waals surface area contributed by atoms with Crippen LogP contribution in [0.5, 0.6) is 5.75 Å². The van der Waals surface area contributed by atoms with E-state index in [0.717, 1.165) is 29.9 Å². The summed E-state index contributed by atoms with van der Waals surface area (Å²) in [6.45, 7) is 8.42. The number of nitrogens with zero attached hydrogens (tertiary/aromatic N) is 2. The molecule has 0 bridgehead atoms. The zero-order chi connectivity index (χ0) is 21.5. The number of anilines is 1. The first-order valence-corrected chi connectivity index (χ1v) is 10.4. The van der Waals surface area contributed by atoms with Gasteiger partial charge in [-0.25, -0.2) is 4.79 Å². The van der Waals surface area contributed by atoms with Crippen molar-refractivity contribution in [3.63, 3.8) is 0 Å². The van der Waals surface area contributed by atoms with E-state index in [2.05, 4.69) is 30.9 Å². The largest absolute Gasteiger partial charge is 0.482 e. The van der Waals surface area contributed by atoms with Crippen LogP contribution in [0.3, 0.4) is 0 Å². The fourth-order valence-corrected chi connectivity index (χ4v) is 3.51. The third kappa shape index (κ3) is 5.75. The molecular weight excluding hydrogens is 380 g/mol. The third-order valence-electron chi connectivity index (χ3n) is 5.25. The average Bonchev–Trinajstić information content (AvgIpc) is 2.76. The number of carbonyl (C=O) groups excluding carboxylic acids is 2. The zero-order valence-electron chi connectivity index (χ0n) is 18.0. The van der Waals surface area contributed by atoms with Gasteiger partial charge in [0.2, 0.25) is 0 Å². The molecule has 1 aliphatic rings. The minimum Gasteiger partial charge on any atom is -0.482 e. The van der Waals surface area contributed by atoms with E-state index in [1.807, 2.05) is 43.3 Å². The molecule has 160 valence electrons. The Morgan fingerprint density at radius 3 is 2.33 bits per heavy atom. The van der Waals surface area contributed by atoms with Crippen LogP contribution in [0.1, 0.15) is 30.9 Å². The van der Waals surface area contributed by atoms with Crippen molar-refractivity contribution in [3.8, 4) is 5.75 Å². The van der Waals surface area contributed by atoms with Gasteiger partial charge < -0.3 is 19.3 Å². The first-order chi connectivity index (χ1) is 14.4. The van der Waals surface area contributed by atoms with Gasteiger partial charge in [-0.2, -0.15) is 0 Å². The Hall–Kier alpha value is -3.02. The Morgan fingerprint density at radius 1 is 0.967 bits per heavy atom. The Kier molecular flexibility index (Phi) is 7.33. The Morgan fingerprint density at radius 2 is 1.67 bits per heavy atom. The molecule has 1 saturated heterocycles. The van der Waals surface area contributed by atoms with Crippen molar-refractivity contribution in [3.05, 3.63) is 59.7 Å². The summed E-state index contributed by atoms with van der Waals surface area (Å²) < 4.78 is 10.8. The van der Waals surface area contributed by atoms with Gasteiger partial charge in [0.1, 0.15) is 5.75 Å². The first kappa shape index (κ1) is 21.7. The molecule has 0 aromatic heterocycles. The number of amides is 1. The maximum absolute atomic E-state index is 12.4. The molecule has 0 atom stereocenters. The molecule has 6 nitrogen and oxygen atoms in total. The van der Waals surface area contributed by atoms with Crippen LogP contribution in [0, 0.1) is 6.92 Å². The number of piperazine rings is 1. The van der Waals surface area contributed by atoms with Crippen LogP contribution < -0.4 is 9.64 Å². The number of carbonyl (C=O) groups is 2. The van der Waals surface area contributed by atoms with Crippen LogP contribution in [0.4, 0.5) is 5.69 Å². The van der Waals surface area contributed by atoms with E-state index in [4.69, 9.17) is 9.47 Å². The maximum Gasteiger partial charge on any atom is 0.344 e. The van der Waals surface area contributed by atoms with Crippen molar-refractivity contribution in [2.75, 3.05) is 44.3 Å². The molecule has 0 saturated carbocycles. The van der Waals surface area contributed by atoms with E-state index in [0.29, 0.717) is 18.8 Å². The molecule has 1 aliphatic heterocycles. The predicted octanol–water partition coefficient (Wildman–Crippen LogP) is 3.39. The molecule has 0 aliphatic carbocycles. The van der Waals surface area contributed by atoms with Gasteiger partial charge in [0.15, 0.2) is 13.2 Å². The maximum atomic E-state index is 12.4. The van der Waals surface area contributed by atoms with E-state index < -0.39 is 5.97 Å². The average molecular weight is 411 g/mol. The summed E-state index contributed by atoms with van der Waals surface area (Å²) in [5.74, 6) is 0.259. The molecule has 30 heavy (non-hydrogen) atoms. The first-order valence-electron chi connectivity index (χ1n) is 10.4. The Labute approximate surface area is 178 Å². The van der Waals surface area contributed by atoms with Gasteiger partial charge in [-0.15, -0.1) is 0 Å². The summed E-state index contributed by atoms with van der Waals surface area (Å²) in [6, 6.07) is 16.1. The van der Waals surface area contributed by atoms with Crippen molar-refractivity contribution >= 4 is 17.6 Å². The highest BCUT2D eigenvalue weighted by Gasteiger charge is 2.22. The van der Waals surface area contributed by atoms with Crippen LogP contribution in [0.25, 0.3) is 0 Å². The summed E-state index contributed by atoms with van der Waals surface area (Å²) in [5, 5.41) is 0. The fraction of sp³-hybridized carbons (Fsp3) is 0.417. The van der Waals surface area contributed by atoms with E-state index in [-0.39, 0.29) is 25.0 Å². The van der Waals surface area contributed by atoms with Crippen molar-refractivity contribution in [1.82, 2.24) is 4.90 Å². The number of para-hydroxylation sites is 1. The number of hydrogen-bond donors (Lipinski definition) is 0. The fourth-order valence-electron chi connectivity index (χ4n) is 3.51. The minimum absolute atomic E-state index is 0.172. The predicted molar refractivity (Wildman–Crippen MR) is 117 cm³/mol. The molecule has 0 spiro atoms. The monoisotopic (exact) mass is 410 g/mol. The summed E-state index contributed by atoms with van der Waals surface area (Å²) in [6.07, 6.45) is 0. The lowest BCUT2D eigenvalue weighted by molar-refractivity contribution is -0.153. The van der Waals surface area contributed by atoms with Crippen LogP contribution in [-0.2, 0) is 14.3 Å². The topological polar surface area (TPSA) is 59.1 Å². The van der Waals surface area contributed by atoms with Gasteiger partial charge in [-0.1, -0.05) is 44.2 Å². The lowest BCUT2D eigenvalue weighted by Crippen LogP contribution is -2.50. The second-order valence-electron chi connectivity index (χ2n) is 7.85. The highest BCUT2D eigenvalue weighted by molar-refractivity contribution is 5.81. The molecule has 1 amide bonds. The molecule has 6 heteroatoms. The lowest BCUT2D eigenvalue weighted by atomic mass is 10.0. The van der Waals surface area contributed by atoms with Crippen LogP contribution in [0.15, 0.2) is 48.5 Å². The van der Waals surface area contributed by atoms with Gasteiger partial charge in [0.25, 0.3) is 5.91 Å². The number of esters is 1. The lowest BCUT2D eigenvalue weighted by Gasteiger charge is -2.36. The second kappa shape index (κ2) is 10.1. The normalized spacial score (nSPS) is 14.0. The van der Waals surface area contributed by atoms with E-state index in [1.54, 1.807) is 4.90 Å². The third-order valence-corrected chi connectivity index (χ3v) is 5.25. The van der Waals surface area contributed by atoms with Gasteiger partial charge in [-0.3, -0.25) is 4.79 Å². The SMILES string of the molecule is Cc1ccc(C(C)C)c(OCC(=O)OCC(=O)N2CCN(c3ccccc3)CC2)c1. The van der Waals surface area contributed by atoms with Crippen LogP contribution in [0.2, 0.25) is 0 Å². The Bertz CT molecular complexity index is 859. The molecule has 1 fully saturated rings. The number of ether oxygens (including phenoxy) is 2. The minimum atomic E-state index is -0.539. The number of hydrogen-bond acceptors (Lipinski definition) is 5. The molecule has 0 N–H and O–H groups in total. The molecule has 1 heterocycles. The molecule has 0 radical (unpaired) electrons. The molecule has 3 rings (SSSR count). The summed E-state index contributed by atoms with van der Waals surface area (Å²) >= 11 is 0. The molecule has 2 aromatic carbocycles. The van der Waals surface area contributed by atoms with Crippen molar-refractivity contribution in [1.29, 1.82) is 0 Å². The highest BCUT2D eigenvalue weighted by atomic mass is 16.6. The van der Waals surface area contributed by atoms with Crippen molar-refractivity contribution in [2.24, 2.45) is 0 Å². The molecule has 0 unspecified atom stereocenters. The van der Waals surface area contributed by atoms with Crippen LogP contribution >= 0.6 is 0 Å². The van der Waals surface area contributed by atoms with Gasteiger partial charge >= 0.3 is 5.97 Å². The summed E-state index contributed by atoms with van der Waals surface area (Å²) in [5.41, 5.74) is 3.26. The number of rotatable bonds is 7.